The number of hydrogen-bond acceptors (Lipinski definition) is 3. The maximum absolute atomic E-state index is 5.49. The van der Waals surface area contributed by atoms with Gasteiger partial charge in [-0.1, -0.05) is 0 Å². The Labute approximate surface area is 74.7 Å². The first kappa shape index (κ1) is 9.96. The van der Waals surface area contributed by atoms with Crippen LogP contribution in [0.2, 0.25) is 0 Å². The largest absolute Gasteiger partial charge is 0.381 e. The van der Waals surface area contributed by atoms with Crippen molar-refractivity contribution in [1.29, 1.82) is 0 Å². The quantitative estimate of drug-likeness (QED) is 0.643. The zero-order valence-corrected chi connectivity index (χ0v) is 7.88. The monoisotopic (exact) mass is 172 g/mol. The van der Waals surface area contributed by atoms with Gasteiger partial charge in [0.05, 0.1) is 6.61 Å². The summed E-state index contributed by atoms with van der Waals surface area (Å²) >= 11 is 0. The van der Waals surface area contributed by atoms with Gasteiger partial charge in [0.15, 0.2) is 0 Å². The second-order valence-corrected chi connectivity index (χ2v) is 3.63. The summed E-state index contributed by atoms with van der Waals surface area (Å²) in [5, 5.41) is 3.40. The lowest BCUT2D eigenvalue weighted by Crippen LogP contribution is -2.38. The number of nitrogens with two attached hydrogens (primary N) is 1. The van der Waals surface area contributed by atoms with Gasteiger partial charge in [-0.3, -0.25) is 0 Å². The molecule has 0 spiro atoms. The van der Waals surface area contributed by atoms with Gasteiger partial charge in [0, 0.05) is 25.7 Å². The lowest BCUT2D eigenvalue weighted by Gasteiger charge is -2.23. The number of rotatable bonds is 4. The Hall–Kier alpha value is -0.120. The molecule has 0 bridgehead atoms. The molecule has 12 heavy (non-hydrogen) atoms. The van der Waals surface area contributed by atoms with Crippen LogP contribution in [0.4, 0.5) is 0 Å². The molecule has 2 unspecified atom stereocenters. The molecular formula is C9H20N2O. The molecule has 1 rings (SSSR count). The van der Waals surface area contributed by atoms with Crippen LogP contribution < -0.4 is 11.1 Å². The summed E-state index contributed by atoms with van der Waals surface area (Å²) in [6.07, 6.45) is 2.51. The third kappa shape index (κ3) is 3.52. The molecule has 1 fully saturated rings. The van der Waals surface area contributed by atoms with Crippen LogP contribution in [-0.4, -0.2) is 32.3 Å². The molecule has 1 aliphatic heterocycles. The summed E-state index contributed by atoms with van der Waals surface area (Å²) in [6.45, 7) is 5.75. The molecule has 2 atom stereocenters. The van der Waals surface area contributed by atoms with Gasteiger partial charge in [-0.05, 0) is 25.7 Å². The molecule has 72 valence electrons. The lowest BCUT2D eigenvalue weighted by atomic mass is 10.0. The van der Waals surface area contributed by atoms with Crippen molar-refractivity contribution in [1.82, 2.24) is 5.32 Å². The standard InChI is InChI=1S/C9H20N2O/c1-8(5-10)11-6-9-3-2-4-12-7-9/h8-9,11H,2-7,10H2,1H3. The molecule has 1 aliphatic rings. The average molecular weight is 172 g/mol. The van der Waals surface area contributed by atoms with Gasteiger partial charge in [0.1, 0.15) is 0 Å². The molecule has 1 heterocycles. The van der Waals surface area contributed by atoms with Crippen LogP contribution >= 0.6 is 0 Å². The maximum atomic E-state index is 5.49. The Balaban J connectivity index is 2.05. The van der Waals surface area contributed by atoms with Crippen LogP contribution in [0, 0.1) is 5.92 Å². The molecule has 0 aromatic heterocycles. The van der Waals surface area contributed by atoms with E-state index in [1.165, 1.54) is 12.8 Å². The fraction of sp³-hybridized carbons (Fsp3) is 1.00. The molecule has 0 aromatic carbocycles. The smallest absolute Gasteiger partial charge is 0.0506 e. The van der Waals surface area contributed by atoms with Gasteiger partial charge < -0.3 is 15.8 Å². The van der Waals surface area contributed by atoms with E-state index in [0.717, 1.165) is 19.8 Å². The maximum Gasteiger partial charge on any atom is 0.0506 e. The first-order valence-corrected chi connectivity index (χ1v) is 4.84. The molecule has 1 saturated heterocycles. The van der Waals surface area contributed by atoms with Crippen LogP contribution in [0.5, 0.6) is 0 Å². The minimum absolute atomic E-state index is 0.437. The Kier molecular flexibility index (Phi) is 4.58. The first-order chi connectivity index (χ1) is 5.83. The highest BCUT2D eigenvalue weighted by molar-refractivity contribution is 4.69. The molecule has 0 radical (unpaired) electrons. The average Bonchev–Trinajstić information content (AvgIpc) is 2.16. The van der Waals surface area contributed by atoms with E-state index in [2.05, 4.69) is 12.2 Å². The Morgan fingerprint density at radius 2 is 2.50 bits per heavy atom. The van der Waals surface area contributed by atoms with Crippen molar-refractivity contribution in [2.45, 2.75) is 25.8 Å². The van der Waals surface area contributed by atoms with E-state index < -0.39 is 0 Å². The zero-order valence-electron chi connectivity index (χ0n) is 7.88. The Bertz CT molecular complexity index is 113. The van der Waals surface area contributed by atoms with Crippen molar-refractivity contribution in [3.63, 3.8) is 0 Å². The summed E-state index contributed by atoms with van der Waals surface area (Å²) in [5.74, 6) is 0.702. The third-order valence-corrected chi connectivity index (χ3v) is 2.36. The highest BCUT2D eigenvalue weighted by Crippen LogP contribution is 2.12. The fourth-order valence-corrected chi connectivity index (χ4v) is 1.42. The van der Waals surface area contributed by atoms with Gasteiger partial charge in [-0.15, -0.1) is 0 Å². The van der Waals surface area contributed by atoms with Crippen LogP contribution in [0.3, 0.4) is 0 Å². The molecule has 0 amide bonds. The van der Waals surface area contributed by atoms with Crippen molar-refractivity contribution < 1.29 is 4.74 Å². The van der Waals surface area contributed by atoms with Gasteiger partial charge in [0.25, 0.3) is 0 Å². The summed E-state index contributed by atoms with van der Waals surface area (Å²) in [7, 11) is 0. The van der Waals surface area contributed by atoms with Gasteiger partial charge in [-0.2, -0.15) is 0 Å². The minimum atomic E-state index is 0.437. The van der Waals surface area contributed by atoms with E-state index in [-0.39, 0.29) is 0 Å². The van der Waals surface area contributed by atoms with E-state index in [0.29, 0.717) is 18.5 Å². The van der Waals surface area contributed by atoms with Crippen molar-refractivity contribution in [2.24, 2.45) is 11.7 Å². The van der Waals surface area contributed by atoms with Crippen molar-refractivity contribution >= 4 is 0 Å². The molecule has 0 saturated carbocycles. The molecule has 3 nitrogen and oxygen atoms in total. The number of hydrogen-bond donors (Lipinski definition) is 2. The van der Waals surface area contributed by atoms with Crippen molar-refractivity contribution in [3.05, 3.63) is 0 Å². The normalized spacial score (nSPS) is 27.0. The van der Waals surface area contributed by atoms with E-state index >= 15 is 0 Å². The van der Waals surface area contributed by atoms with Gasteiger partial charge in [0.2, 0.25) is 0 Å². The van der Waals surface area contributed by atoms with Crippen molar-refractivity contribution in [2.75, 3.05) is 26.3 Å². The predicted octanol–water partition coefficient (Wildman–Crippen LogP) is 0.350. The lowest BCUT2D eigenvalue weighted by molar-refractivity contribution is 0.0541. The second kappa shape index (κ2) is 5.51. The molecule has 3 N–H and O–H groups in total. The van der Waals surface area contributed by atoms with E-state index in [1.807, 2.05) is 0 Å². The van der Waals surface area contributed by atoms with E-state index in [9.17, 15) is 0 Å². The summed E-state index contributed by atoms with van der Waals surface area (Å²) in [6, 6.07) is 0.437. The van der Waals surface area contributed by atoms with Crippen LogP contribution in [0.25, 0.3) is 0 Å². The number of ether oxygens (including phenoxy) is 1. The molecule has 0 aromatic rings. The third-order valence-electron chi connectivity index (χ3n) is 2.36. The number of nitrogens with one attached hydrogen (secondary N) is 1. The second-order valence-electron chi connectivity index (χ2n) is 3.63. The Morgan fingerprint density at radius 1 is 1.67 bits per heavy atom. The van der Waals surface area contributed by atoms with E-state index in [1.54, 1.807) is 0 Å². The zero-order chi connectivity index (χ0) is 8.81. The molecular weight excluding hydrogens is 152 g/mol. The van der Waals surface area contributed by atoms with Crippen LogP contribution in [0.1, 0.15) is 19.8 Å². The van der Waals surface area contributed by atoms with Gasteiger partial charge >= 0.3 is 0 Å². The highest BCUT2D eigenvalue weighted by Gasteiger charge is 2.13. The van der Waals surface area contributed by atoms with Crippen LogP contribution in [0.15, 0.2) is 0 Å². The first-order valence-electron chi connectivity index (χ1n) is 4.84. The molecule has 0 aliphatic carbocycles. The topological polar surface area (TPSA) is 47.3 Å². The predicted molar refractivity (Wildman–Crippen MR) is 50.1 cm³/mol. The van der Waals surface area contributed by atoms with E-state index in [4.69, 9.17) is 10.5 Å². The molecule has 3 heteroatoms. The minimum Gasteiger partial charge on any atom is -0.381 e. The summed E-state index contributed by atoms with van der Waals surface area (Å²) < 4.78 is 5.38. The van der Waals surface area contributed by atoms with Gasteiger partial charge in [-0.25, -0.2) is 0 Å². The fourth-order valence-electron chi connectivity index (χ4n) is 1.42. The van der Waals surface area contributed by atoms with Crippen LogP contribution in [-0.2, 0) is 4.74 Å². The highest BCUT2D eigenvalue weighted by atomic mass is 16.5. The Morgan fingerprint density at radius 3 is 3.08 bits per heavy atom. The van der Waals surface area contributed by atoms with Crippen molar-refractivity contribution in [3.8, 4) is 0 Å². The summed E-state index contributed by atoms with van der Waals surface area (Å²) in [4.78, 5) is 0. The SMILES string of the molecule is CC(CN)NCC1CCCOC1. The summed E-state index contributed by atoms with van der Waals surface area (Å²) in [5.41, 5.74) is 5.49.